The molecule has 2 aromatic heterocycles. The summed E-state index contributed by atoms with van der Waals surface area (Å²) in [7, 11) is -0.885. The molecule has 20 heteroatoms. The predicted octanol–water partition coefficient (Wildman–Crippen LogP) is 1.89. The molecule has 0 saturated carbocycles. The molecule has 1 aliphatic heterocycles. The second kappa shape index (κ2) is 13.0. The lowest BCUT2D eigenvalue weighted by Crippen LogP contribution is -2.43. The number of nitrogens with one attached hydrogen (secondary N) is 1. The van der Waals surface area contributed by atoms with Crippen molar-refractivity contribution in [2.75, 3.05) is 33.7 Å². The third-order valence-electron chi connectivity index (χ3n) is 6.69. The molecular formula is C24H30N9O10P. The first-order valence-corrected chi connectivity index (χ1v) is 14.4. The maximum absolute atomic E-state index is 14.0. The summed E-state index contributed by atoms with van der Waals surface area (Å²) < 4.78 is 47.5. The highest BCUT2D eigenvalue weighted by molar-refractivity contribution is 7.52. The van der Waals surface area contributed by atoms with Gasteiger partial charge in [0, 0.05) is 4.91 Å². The number of methoxy groups -OCH3 is 3. The van der Waals surface area contributed by atoms with Crippen LogP contribution in [0.2, 0.25) is 0 Å². The molecule has 1 saturated heterocycles. The molecule has 1 aromatic carbocycles. The van der Waals surface area contributed by atoms with E-state index in [0.29, 0.717) is 0 Å². The van der Waals surface area contributed by atoms with E-state index < -0.39 is 56.3 Å². The zero-order chi connectivity index (χ0) is 32.2. The summed E-state index contributed by atoms with van der Waals surface area (Å²) in [6.45, 7) is 2.15. The number of fused-ring (bicyclic) bond motifs is 1. The highest BCUT2D eigenvalue weighted by atomic mass is 31.2. The highest BCUT2D eigenvalue weighted by Crippen LogP contribution is 2.49. The molecule has 1 unspecified atom stereocenters. The van der Waals surface area contributed by atoms with Crippen molar-refractivity contribution in [2.45, 2.75) is 43.9 Å². The van der Waals surface area contributed by atoms with Crippen molar-refractivity contribution in [3.63, 3.8) is 0 Å². The van der Waals surface area contributed by atoms with Gasteiger partial charge < -0.3 is 34.3 Å². The Morgan fingerprint density at radius 1 is 1.30 bits per heavy atom. The summed E-state index contributed by atoms with van der Waals surface area (Å²) in [4.78, 5) is 39.7. The maximum Gasteiger partial charge on any atom is 0.459 e. The largest absolute Gasteiger partial charge is 0.479 e. The van der Waals surface area contributed by atoms with Crippen LogP contribution in [0.15, 0.2) is 35.7 Å². The zero-order valence-electron chi connectivity index (χ0n) is 24.2. The Kier molecular flexibility index (Phi) is 9.58. The van der Waals surface area contributed by atoms with E-state index >= 15 is 0 Å². The first-order valence-electron chi connectivity index (χ1n) is 12.8. The quantitative estimate of drug-likeness (QED) is 0.0844. The number of carbonyl (C=O) groups excluding carboxylic acids is 2. The third-order valence-corrected chi connectivity index (χ3v) is 8.32. The molecule has 4 N–H and O–H groups in total. The molecule has 3 heterocycles. The van der Waals surface area contributed by atoms with Gasteiger partial charge in [0.15, 0.2) is 17.4 Å². The van der Waals surface area contributed by atoms with Crippen LogP contribution >= 0.6 is 7.75 Å². The molecular weight excluding hydrogens is 605 g/mol. The minimum atomic E-state index is -4.54. The van der Waals surface area contributed by atoms with Gasteiger partial charge in [0.2, 0.25) is 11.8 Å². The number of anilines is 1. The summed E-state index contributed by atoms with van der Waals surface area (Å²) in [5, 5.41) is 17.6. The summed E-state index contributed by atoms with van der Waals surface area (Å²) >= 11 is 0. The van der Waals surface area contributed by atoms with Crippen molar-refractivity contribution in [1.29, 1.82) is 0 Å². The van der Waals surface area contributed by atoms with Gasteiger partial charge in [-0.2, -0.15) is 15.1 Å². The fourth-order valence-electron chi connectivity index (χ4n) is 4.49. The molecule has 19 nitrogen and oxygen atoms in total. The zero-order valence-corrected chi connectivity index (χ0v) is 25.1. The number of nitrogens with zero attached hydrogens (tertiary/aromatic N) is 7. The van der Waals surface area contributed by atoms with Gasteiger partial charge in [-0.3, -0.25) is 13.9 Å². The van der Waals surface area contributed by atoms with Crippen LogP contribution < -0.4 is 20.1 Å². The lowest BCUT2D eigenvalue weighted by atomic mass is 9.93. The molecule has 4 rings (SSSR count). The Balaban J connectivity index is 1.67. The number of benzene rings is 1. The first-order chi connectivity index (χ1) is 20.9. The molecule has 0 spiro atoms. The van der Waals surface area contributed by atoms with Crippen LogP contribution in [-0.2, 0) is 28.1 Å². The SMILES string of the molecule is COC(=O)c1ccccc1OP(=O)(N[C@@H](C)C(=O)OC)OC[C@H]1O[C@@H](n2cnc3c(OC)nc(N)nc32)[C@](C)(N=[N+]=[N-])[C@@H]1O. The van der Waals surface area contributed by atoms with Crippen molar-refractivity contribution in [3.05, 3.63) is 46.6 Å². The number of hydrogen-bond acceptors (Lipinski definition) is 15. The molecule has 6 atom stereocenters. The Bertz CT molecular complexity index is 1650. The van der Waals surface area contributed by atoms with Gasteiger partial charge in [0.05, 0.1) is 40.4 Å². The van der Waals surface area contributed by atoms with E-state index in [-0.39, 0.29) is 34.3 Å². The van der Waals surface area contributed by atoms with Crippen molar-refractivity contribution in [2.24, 2.45) is 5.11 Å². The number of ether oxygens (including phenoxy) is 4. The van der Waals surface area contributed by atoms with Crippen molar-refractivity contribution in [3.8, 4) is 11.6 Å². The van der Waals surface area contributed by atoms with Gasteiger partial charge >= 0.3 is 19.7 Å². The van der Waals surface area contributed by atoms with E-state index in [9.17, 15) is 24.8 Å². The molecule has 1 aliphatic rings. The second-order valence-corrected chi connectivity index (χ2v) is 11.2. The van der Waals surface area contributed by atoms with Crippen molar-refractivity contribution in [1.82, 2.24) is 24.6 Å². The number of para-hydroxylation sites is 1. The van der Waals surface area contributed by atoms with Crippen LogP contribution in [0.5, 0.6) is 11.6 Å². The average molecular weight is 636 g/mol. The second-order valence-electron chi connectivity index (χ2n) is 9.55. The summed E-state index contributed by atoms with van der Waals surface area (Å²) in [6, 6.07) is 4.55. The van der Waals surface area contributed by atoms with Gasteiger partial charge in [0.1, 0.15) is 29.0 Å². The summed E-state index contributed by atoms with van der Waals surface area (Å²) in [6.07, 6.45) is -2.76. The summed E-state index contributed by atoms with van der Waals surface area (Å²) in [5.41, 5.74) is 13.8. The number of aromatic nitrogens is 4. The Labute approximate surface area is 249 Å². The highest BCUT2D eigenvalue weighted by Gasteiger charge is 2.55. The number of rotatable bonds is 12. The topological polar surface area (TPSA) is 257 Å². The molecule has 44 heavy (non-hydrogen) atoms. The van der Waals surface area contributed by atoms with Gasteiger partial charge in [-0.1, -0.05) is 17.2 Å². The number of azide groups is 1. The Hall–Kier alpha value is -4.51. The minimum Gasteiger partial charge on any atom is -0.479 e. The van der Waals surface area contributed by atoms with E-state index in [4.69, 9.17) is 33.7 Å². The number of hydrogen-bond donors (Lipinski definition) is 3. The molecule has 3 aromatic rings. The number of carbonyl (C=O) groups is 2. The molecule has 1 fully saturated rings. The van der Waals surface area contributed by atoms with Gasteiger partial charge in [-0.25, -0.2) is 14.3 Å². The van der Waals surface area contributed by atoms with Gasteiger partial charge in [-0.15, -0.1) is 0 Å². The Morgan fingerprint density at radius 3 is 2.68 bits per heavy atom. The first kappa shape index (κ1) is 32.4. The van der Waals surface area contributed by atoms with Crippen LogP contribution in [0, 0.1) is 0 Å². The number of aliphatic hydroxyl groups is 1. The van der Waals surface area contributed by atoms with Crippen LogP contribution in [0.4, 0.5) is 5.95 Å². The van der Waals surface area contributed by atoms with Crippen LogP contribution in [0.1, 0.15) is 30.4 Å². The predicted molar refractivity (Wildman–Crippen MR) is 150 cm³/mol. The summed E-state index contributed by atoms with van der Waals surface area (Å²) in [5.74, 6) is -1.84. The number of esters is 2. The van der Waals surface area contributed by atoms with Crippen LogP contribution in [0.25, 0.3) is 21.6 Å². The smallest absolute Gasteiger partial charge is 0.459 e. The fraction of sp³-hybridized carbons (Fsp3) is 0.458. The minimum absolute atomic E-state index is 0.0753. The van der Waals surface area contributed by atoms with E-state index in [1.807, 2.05) is 0 Å². The van der Waals surface area contributed by atoms with E-state index in [2.05, 4.69) is 30.1 Å². The van der Waals surface area contributed by atoms with Crippen molar-refractivity contribution < 1.29 is 47.3 Å². The lowest BCUT2D eigenvalue weighted by Gasteiger charge is -2.28. The molecule has 0 amide bonds. The van der Waals surface area contributed by atoms with E-state index in [1.165, 1.54) is 56.1 Å². The lowest BCUT2D eigenvalue weighted by molar-refractivity contribution is -0.142. The van der Waals surface area contributed by atoms with Crippen LogP contribution in [-0.4, -0.2) is 88.3 Å². The normalized spacial score (nSPS) is 23.3. The fourth-order valence-corrected chi connectivity index (χ4v) is 6.01. The monoisotopic (exact) mass is 635 g/mol. The molecule has 0 bridgehead atoms. The number of aliphatic hydroxyl groups excluding tert-OH is 1. The molecule has 236 valence electrons. The number of nitrogen functional groups attached to an aromatic ring is 1. The third kappa shape index (κ3) is 6.23. The standard InChI is InChI=1S/C24H30N9O10P/c1-12(20(35)39-4)30-44(37,43-14-9-7-6-8-13(14)21(36)40-5)41-10-15-17(34)24(2,31-32-26)22(42-15)33-11-27-16-18(33)28-23(25)29-19(16)38-3/h6-9,11-12,15,17,22,34H,10H2,1-5H3,(H,30,37)(H2,25,28,29)/t12-,15+,17+,22+,24+,44?/m0/s1. The average Bonchev–Trinajstić information content (AvgIpc) is 3.52. The molecule has 0 aliphatic carbocycles. The number of nitrogens with two attached hydrogens (primary N) is 1. The van der Waals surface area contributed by atoms with Gasteiger partial charge in [0.25, 0.3) is 0 Å². The Morgan fingerprint density at radius 2 is 2.02 bits per heavy atom. The van der Waals surface area contributed by atoms with Crippen LogP contribution in [0.3, 0.4) is 0 Å². The van der Waals surface area contributed by atoms with Gasteiger partial charge in [-0.05, 0) is 31.5 Å². The van der Waals surface area contributed by atoms with E-state index in [1.54, 1.807) is 0 Å². The van der Waals surface area contributed by atoms with Crippen molar-refractivity contribution >= 4 is 36.8 Å². The van der Waals surface area contributed by atoms with E-state index in [0.717, 1.165) is 14.2 Å². The molecule has 0 radical (unpaired) electrons. The number of imidazole rings is 1. The maximum atomic E-state index is 14.0.